The number of aromatic nitrogens is 4. The zero-order valence-electron chi connectivity index (χ0n) is 10.3. The molecule has 2 aromatic rings. The molecule has 1 aliphatic carbocycles. The molecule has 2 heterocycles. The summed E-state index contributed by atoms with van der Waals surface area (Å²) in [6.07, 6.45) is 3.99. The molecule has 0 aliphatic heterocycles. The van der Waals surface area contributed by atoms with Crippen molar-refractivity contribution in [2.24, 2.45) is 0 Å². The topological polar surface area (TPSA) is 72.7 Å². The van der Waals surface area contributed by atoms with Crippen LogP contribution in [-0.4, -0.2) is 32.7 Å². The second-order valence-electron chi connectivity index (χ2n) is 4.41. The van der Waals surface area contributed by atoms with Crippen LogP contribution in [0, 0.1) is 0 Å². The van der Waals surface area contributed by atoms with Crippen LogP contribution < -0.4 is 5.32 Å². The zero-order valence-corrected chi connectivity index (χ0v) is 11.9. The van der Waals surface area contributed by atoms with Crippen molar-refractivity contribution in [3.63, 3.8) is 0 Å². The fourth-order valence-corrected chi connectivity index (χ4v) is 2.15. The maximum absolute atomic E-state index is 11.5. The van der Waals surface area contributed by atoms with Crippen LogP contribution in [0.3, 0.4) is 0 Å². The first-order valence-electron chi connectivity index (χ1n) is 6.00. The van der Waals surface area contributed by atoms with Gasteiger partial charge in [0.15, 0.2) is 11.5 Å². The summed E-state index contributed by atoms with van der Waals surface area (Å²) < 4.78 is 2.32. The molecule has 1 aliphatic rings. The third kappa shape index (κ3) is 2.51. The van der Waals surface area contributed by atoms with Crippen LogP contribution in [0.2, 0.25) is 0 Å². The van der Waals surface area contributed by atoms with Crippen molar-refractivity contribution in [2.75, 3.05) is 7.05 Å². The van der Waals surface area contributed by atoms with Crippen molar-refractivity contribution in [2.45, 2.75) is 18.8 Å². The Bertz CT molecular complexity index is 635. The maximum Gasteiger partial charge on any atom is 0.271 e. The predicted octanol–water partition coefficient (Wildman–Crippen LogP) is 1.66. The first-order valence-corrected chi connectivity index (χ1v) is 6.79. The molecule has 6 nitrogen and oxygen atoms in total. The van der Waals surface area contributed by atoms with E-state index in [2.05, 4.69) is 36.3 Å². The van der Waals surface area contributed by atoms with Crippen LogP contribution >= 0.6 is 15.9 Å². The molecule has 0 unspecified atom stereocenters. The highest BCUT2D eigenvalue weighted by atomic mass is 79.9. The van der Waals surface area contributed by atoms with Crippen molar-refractivity contribution < 1.29 is 4.79 Å². The Hall–Kier alpha value is -1.76. The molecule has 0 bridgehead atoms. The molecule has 0 atom stereocenters. The summed E-state index contributed by atoms with van der Waals surface area (Å²) in [6, 6.07) is 3.44. The summed E-state index contributed by atoms with van der Waals surface area (Å²) in [6.45, 7) is 0. The van der Waals surface area contributed by atoms with Crippen LogP contribution in [0.15, 0.2) is 22.9 Å². The van der Waals surface area contributed by atoms with Gasteiger partial charge in [-0.2, -0.15) is 5.10 Å². The smallest absolute Gasteiger partial charge is 0.271 e. The van der Waals surface area contributed by atoms with Gasteiger partial charge in [-0.1, -0.05) is 0 Å². The Kier molecular flexibility index (Phi) is 3.06. The van der Waals surface area contributed by atoms with E-state index in [9.17, 15) is 4.79 Å². The zero-order chi connectivity index (χ0) is 13.4. The normalized spacial score (nSPS) is 14.4. The standard InChI is InChI=1S/C12H12BrN5O/c1-14-12(19)8-4-5-18(17-8)10-6-9(13)15-11(16-10)7-2-3-7/h4-7H,2-3H2,1H3,(H,14,19). The lowest BCUT2D eigenvalue weighted by atomic mass is 10.4. The molecule has 0 aromatic carbocycles. The van der Waals surface area contributed by atoms with Gasteiger partial charge in [-0.05, 0) is 34.8 Å². The molecule has 19 heavy (non-hydrogen) atoms. The fraction of sp³-hybridized carbons (Fsp3) is 0.333. The van der Waals surface area contributed by atoms with E-state index >= 15 is 0 Å². The summed E-state index contributed by atoms with van der Waals surface area (Å²) in [5.41, 5.74) is 0.366. The predicted molar refractivity (Wildman–Crippen MR) is 72.2 cm³/mol. The highest BCUT2D eigenvalue weighted by Crippen LogP contribution is 2.38. The number of nitrogens with zero attached hydrogens (tertiary/aromatic N) is 4. The molecule has 1 fully saturated rings. The van der Waals surface area contributed by atoms with Crippen LogP contribution in [0.25, 0.3) is 5.82 Å². The van der Waals surface area contributed by atoms with Gasteiger partial charge in [-0.3, -0.25) is 4.79 Å². The lowest BCUT2D eigenvalue weighted by Crippen LogP contribution is -2.18. The molecular weight excluding hydrogens is 310 g/mol. The highest BCUT2D eigenvalue weighted by molar-refractivity contribution is 9.10. The molecule has 1 amide bonds. The van der Waals surface area contributed by atoms with Gasteiger partial charge in [0, 0.05) is 25.2 Å². The summed E-state index contributed by atoms with van der Waals surface area (Å²) in [4.78, 5) is 20.3. The molecule has 1 N–H and O–H groups in total. The summed E-state index contributed by atoms with van der Waals surface area (Å²) in [5.74, 6) is 1.75. The molecule has 2 aromatic heterocycles. The Morgan fingerprint density at radius 2 is 2.26 bits per heavy atom. The van der Waals surface area contributed by atoms with Gasteiger partial charge >= 0.3 is 0 Å². The van der Waals surface area contributed by atoms with Crippen LogP contribution in [0.4, 0.5) is 0 Å². The second kappa shape index (κ2) is 4.73. The van der Waals surface area contributed by atoms with E-state index in [-0.39, 0.29) is 5.91 Å². The van der Waals surface area contributed by atoms with E-state index in [1.807, 2.05) is 0 Å². The Balaban J connectivity index is 1.97. The summed E-state index contributed by atoms with van der Waals surface area (Å²) in [5, 5.41) is 6.75. The van der Waals surface area contributed by atoms with Crippen molar-refractivity contribution >= 4 is 21.8 Å². The molecule has 0 saturated heterocycles. The van der Waals surface area contributed by atoms with Gasteiger partial charge in [-0.15, -0.1) is 0 Å². The number of rotatable bonds is 3. The van der Waals surface area contributed by atoms with E-state index in [4.69, 9.17) is 0 Å². The van der Waals surface area contributed by atoms with Gasteiger partial charge in [0.1, 0.15) is 10.4 Å². The minimum Gasteiger partial charge on any atom is -0.354 e. The number of halogens is 1. The SMILES string of the molecule is CNC(=O)c1ccn(-c2cc(Br)nc(C3CC3)n2)n1. The van der Waals surface area contributed by atoms with Gasteiger partial charge in [-0.25, -0.2) is 14.6 Å². The number of carbonyl (C=O) groups excluding carboxylic acids is 1. The number of hydrogen-bond donors (Lipinski definition) is 1. The van der Waals surface area contributed by atoms with E-state index in [0.29, 0.717) is 17.4 Å². The number of hydrogen-bond acceptors (Lipinski definition) is 4. The van der Waals surface area contributed by atoms with Crippen molar-refractivity contribution in [3.8, 4) is 5.82 Å². The summed E-state index contributed by atoms with van der Waals surface area (Å²) in [7, 11) is 1.58. The lowest BCUT2D eigenvalue weighted by molar-refractivity contribution is 0.0957. The molecule has 1 saturated carbocycles. The molecule has 7 heteroatoms. The van der Waals surface area contributed by atoms with Gasteiger partial charge in [0.05, 0.1) is 0 Å². The molecule has 0 spiro atoms. The minimum atomic E-state index is -0.214. The quantitative estimate of drug-likeness (QED) is 0.873. The fourth-order valence-electron chi connectivity index (χ4n) is 1.77. The van der Waals surface area contributed by atoms with E-state index in [1.165, 1.54) is 0 Å². The highest BCUT2D eigenvalue weighted by Gasteiger charge is 2.27. The average molecular weight is 322 g/mol. The Morgan fingerprint density at radius 1 is 1.47 bits per heavy atom. The number of carbonyl (C=O) groups is 1. The van der Waals surface area contributed by atoms with Gasteiger partial charge < -0.3 is 5.32 Å². The molecule has 98 valence electrons. The Labute approximate surface area is 118 Å². The van der Waals surface area contributed by atoms with Crippen molar-refractivity contribution in [3.05, 3.63) is 34.5 Å². The number of amides is 1. The monoisotopic (exact) mass is 321 g/mol. The first kappa shape index (κ1) is 12.3. The molecular formula is C12H12BrN5O. The van der Waals surface area contributed by atoms with Crippen molar-refractivity contribution in [1.29, 1.82) is 0 Å². The summed E-state index contributed by atoms with van der Waals surface area (Å²) >= 11 is 3.38. The molecule has 3 rings (SSSR count). The van der Waals surface area contributed by atoms with E-state index in [1.54, 1.807) is 30.1 Å². The van der Waals surface area contributed by atoms with Gasteiger partial charge in [0.25, 0.3) is 5.91 Å². The van der Waals surface area contributed by atoms with E-state index < -0.39 is 0 Å². The average Bonchev–Trinajstić information content (AvgIpc) is 3.14. The first-order chi connectivity index (χ1) is 9.17. The van der Waals surface area contributed by atoms with E-state index in [0.717, 1.165) is 23.3 Å². The third-order valence-corrected chi connectivity index (χ3v) is 3.33. The molecule has 0 radical (unpaired) electrons. The van der Waals surface area contributed by atoms with Crippen LogP contribution in [0.1, 0.15) is 35.1 Å². The van der Waals surface area contributed by atoms with Crippen LogP contribution in [-0.2, 0) is 0 Å². The van der Waals surface area contributed by atoms with Crippen molar-refractivity contribution in [1.82, 2.24) is 25.1 Å². The second-order valence-corrected chi connectivity index (χ2v) is 5.22. The van der Waals surface area contributed by atoms with Crippen LogP contribution in [0.5, 0.6) is 0 Å². The lowest BCUT2D eigenvalue weighted by Gasteiger charge is -2.04. The minimum absolute atomic E-state index is 0.214. The van der Waals surface area contributed by atoms with Gasteiger partial charge in [0.2, 0.25) is 0 Å². The number of nitrogens with one attached hydrogen (secondary N) is 1. The maximum atomic E-state index is 11.5. The largest absolute Gasteiger partial charge is 0.354 e. The Morgan fingerprint density at radius 3 is 2.95 bits per heavy atom. The third-order valence-electron chi connectivity index (χ3n) is 2.92.